The van der Waals surface area contributed by atoms with Gasteiger partial charge in [-0.15, -0.1) is 0 Å². The van der Waals surface area contributed by atoms with Crippen LogP contribution < -0.4 is 20.5 Å². The second-order valence-corrected chi connectivity index (χ2v) is 10.1. The highest BCUT2D eigenvalue weighted by Gasteiger charge is 2.52. The number of nitrogens with two attached hydrogens (primary N) is 1. The summed E-state index contributed by atoms with van der Waals surface area (Å²) in [5.41, 5.74) is 6.80. The zero-order valence-electron chi connectivity index (χ0n) is 16.8. The molecular formula is C22H31BrN2O3. The highest BCUT2D eigenvalue weighted by molar-refractivity contribution is 9.10. The Bertz CT molecular complexity index is 716. The molecule has 154 valence electrons. The van der Waals surface area contributed by atoms with Gasteiger partial charge in [0.2, 0.25) is 0 Å². The number of nitrogens with one attached hydrogen (secondary N) is 1. The summed E-state index contributed by atoms with van der Waals surface area (Å²) in [5, 5.41) is 3.81. The van der Waals surface area contributed by atoms with Crippen LogP contribution in [0, 0.1) is 23.2 Å². The van der Waals surface area contributed by atoms with Crippen LogP contribution in [0.2, 0.25) is 0 Å². The summed E-state index contributed by atoms with van der Waals surface area (Å²) in [6.45, 7) is 2.99. The summed E-state index contributed by atoms with van der Waals surface area (Å²) in [7, 11) is 1.61. The molecule has 1 aromatic carbocycles. The molecule has 6 heteroatoms. The summed E-state index contributed by atoms with van der Waals surface area (Å²) in [4.78, 5) is 11.0. The summed E-state index contributed by atoms with van der Waals surface area (Å²) in [6, 6.07) is 4.51. The van der Waals surface area contributed by atoms with E-state index in [1.165, 1.54) is 38.5 Å². The topological polar surface area (TPSA) is 73.6 Å². The number of amides is 1. The third-order valence-electron chi connectivity index (χ3n) is 7.26. The Labute approximate surface area is 175 Å². The van der Waals surface area contributed by atoms with E-state index >= 15 is 0 Å². The Morgan fingerprint density at radius 3 is 2.39 bits per heavy atom. The van der Waals surface area contributed by atoms with Crippen molar-refractivity contribution in [3.05, 3.63) is 22.2 Å². The number of rotatable bonds is 8. The monoisotopic (exact) mass is 450 g/mol. The third kappa shape index (κ3) is 3.90. The van der Waals surface area contributed by atoms with Crippen molar-refractivity contribution in [1.29, 1.82) is 0 Å². The summed E-state index contributed by atoms with van der Waals surface area (Å²) >= 11 is 3.54. The van der Waals surface area contributed by atoms with E-state index in [4.69, 9.17) is 15.2 Å². The van der Waals surface area contributed by atoms with E-state index in [-0.39, 0.29) is 6.61 Å². The van der Waals surface area contributed by atoms with Crippen molar-refractivity contribution in [2.45, 2.75) is 58.0 Å². The number of ether oxygens (including phenoxy) is 2. The maximum absolute atomic E-state index is 11.0. The molecular weight excluding hydrogens is 420 g/mol. The van der Waals surface area contributed by atoms with E-state index in [1.54, 1.807) is 7.11 Å². The average molecular weight is 451 g/mol. The Morgan fingerprint density at radius 1 is 1.25 bits per heavy atom. The lowest BCUT2D eigenvalue weighted by atomic mass is 9.48. The van der Waals surface area contributed by atoms with Crippen molar-refractivity contribution in [2.24, 2.45) is 28.9 Å². The standard InChI is InChI=1S/C22H31BrN2O3/c1-13(22-8-14-3-15(9-22)5-16(4-14)10-22)25-11-17-6-18(23)21(19(7-17)27-2)28-12-20(24)26/h6-7,13-16,25H,3-5,8-12H2,1-2H3,(H2,24,26)/t13-,14?,15?,16?,22?/m1/s1. The van der Waals surface area contributed by atoms with Gasteiger partial charge in [0, 0.05) is 12.6 Å². The molecule has 5 nitrogen and oxygen atoms in total. The molecule has 1 amide bonds. The molecule has 0 aliphatic heterocycles. The van der Waals surface area contributed by atoms with Crippen LogP contribution in [0.4, 0.5) is 0 Å². The first-order valence-electron chi connectivity index (χ1n) is 10.4. The van der Waals surface area contributed by atoms with Gasteiger partial charge in [0.15, 0.2) is 18.1 Å². The number of benzene rings is 1. The van der Waals surface area contributed by atoms with Gasteiger partial charge in [-0.1, -0.05) is 0 Å². The molecule has 3 N–H and O–H groups in total. The number of carbonyl (C=O) groups is 1. The van der Waals surface area contributed by atoms with Gasteiger partial charge in [0.1, 0.15) is 0 Å². The van der Waals surface area contributed by atoms with Crippen LogP contribution in [0.3, 0.4) is 0 Å². The maximum Gasteiger partial charge on any atom is 0.255 e. The molecule has 1 aromatic rings. The van der Waals surface area contributed by atoms with Gasteiger partial charge in [-0.2, -0.15) is 0 Å². The van der Waals surface area contributed by atoms with Gasteiger partial charge in [0.25, 0.3) is 5.91 Å². The van der Waals surface area contributed by atoms with Gasteiger partial charge >= 0.3 is 0 Å². The molecule has 4 aliphatic carbocycles. The van der Waals surface area contributed by atoms with Gasteiger partial charge in [-0.25, -0.2) is 0 Å². The van der Waals surface area contributed by atoms with Crippen molar-refractivity contribution in [3.8, 4) is 11.5 Å². The van der Waals surface area contributed by atoms with Crippen molar-refractivity contribution < 1.29 is 14.3 Å². The minimum Gasteiger partial charge on any atom is -0.493 e. The largest absolute Gasteiger partial charge is 0.493 e. The van der Waals surface area contributed by atoms with Crippen LogP contribution >= 0.6 is 15.9 Å². The van der Waals surface area contributed by atoms with Crippen LogP contribution in [0.15, 0.2) is 16.6 Å². The summed E-state index contributed by atoms with van der Waals surface area (Å²) in [5.74, 6) is 3.50. The lowest BCUT2D eigenvalue weighted by Crippen LogP contribution is -2.54. The summed E-state index contributed by atoms with van der Waals surface area (Å²) in [6.07, 6.45) is 8.63. The first-order chi connectivity index (χ1) is 13.4. The predicted molar refractivity (Wildman–Crippen MR) is 112 cm³/mol. The molecule has 28 heavy (non-hydrogen) atoms. The summed E-state index contributed by atoms with van der Waals surface area (Å²) < 4.78 is 11.7. The van der Waals surface area contributed by atoms with E-state index < -0.39 is 5.91 Å². The normalized spacial score (nSPS) is 31.6. The number of hydrogen-bond acceptors (Lipinski definition) is 4. The van der Waals surface area contributed by atoms with Crippen molar-refractivity contribution in [1.82, 2.24) is 5.32 Å². The van der Waals surface area contributed by atoms with Crippen LogP contribution in [-0.2, 0) is 11.3 Å². The highest BCUT2D eigenvalue weighted by atomic mass is 79.9. The molecule has 0 unspecified atom stereocenters. The zero-order chi connectivity index (χ0) is 19.9. The third-order valence-corrected chi connectivity index (χ3v) is 7.85. The van der Waals surface area contributed by atoms with Crippen LogP contribution in [0.25, 0.3) is 0 Å². The number of methoxy groups -OCH3 is 1. The lowest BCUT2D eigenvalue weighted by Gasteiger charge is -2.59. The molecule has 5 rings (SSSR count). The molecule has 4 saturated carbocycles. The molecule has 0 heterocycles. The Balaban J connectivity index is 1.43. The maximum atomic E-state index is 11.0. The van der Waals surface area contributed by atoms with Crippen LogP contribution in [0.5, 0.6) is 11.5 Å². The second-order valence-electron chi connectivity index (χ2n) is 9.25. The van der Waals surface area contributed by atoms with E-state index in [1.807, 2.05) is 12.1 Å². The first-order valence-corrected chi connectivity index (χ1v) is 11.2. The smallest absolute Gasteiger partial charge is 0.255 e. The van der Waals surface area contributed by atoms with Crippen molar-refractivity contribution in [3.63, 3.8) is 0 Å². The zero-order valence-corrected chi connectivity index (χ0v) is 18.4. The van der Waals surface area contributed by atoms with Gasteiger partial charge in [0.05, 0.1) is 11.6 Å². The Morgan fingerprint density at radius 2 is 1.86 bits per heavy atom. The van der Waals surface area contributed by atoms with E-state index in [9.17, 15) is 4.79 Å². The van der Waals surface area contributed by atoms with Gasteiger partial charge in [-0.3, -0.25) is 4.79 Å². The van der Waals surface area contributed by atoms with Crippen LogP contribution in [-0.4, -0.2) is 25.7 Å². The molecule has 0 spiro atoms. The number of halogens is 1. The van der Waals surface area contributed by atoms with Gasteiger partial charge in [-0.05, 0) is 102 Å². The molecule has 0 saturated heterocycles. The molecule has 1 atom stereocenters. The second kappa shape index (κ2) is 7.86. The average Bonchev–Trinajstić information content (AvgIpc) is 2.63. The minimum atomic E-state index is -0.510. The fourth-order valence-corrected chi connectivity index (χ4v) is 6.96. The highest BCUT2D eigenvalue weighted by Crippen LogP contribution is 2.61. The van der Waals surface area contributed by atoms with E-state index in [0.717, 1.165) is 34.3 Å². The molecule has 4 bridgehead atoms. The van der Waals surface area contributed by atoms with E-state index in [0.29, 0.717) is 23.0 Å². The predicted octanol–water partition coefficient (Wildman–Crippen LogP) is 4.02. The van der Waals surface area contributed by atoms with Crippen LogP contribution in [0.1, 0.15) is 51.0 Å². The Hall–Kier alpha value is -1.27. The molecule has 0 radical (unpaired) electrons. The van der Waals surface area contributed by atoms with Crippen molar-refractivity contribution >= 4 is 21.8 Å². The number of hydrogen-bond donors (Lipinski definition) is 2. The molecule has 0 aromatic heterocycles. The first kappa shape index (κ1) is 20.0. The quantitative estimate of drug-likeness (QED) is 0.627. The van der Waals surface area contributed by atoms with Gasteiger partial charge < -0.3 is 20.5 Å². The van der Waals surface area contributed by atoms with Crippen molar-refractivity contribution in [2.75, 3.05) is 13.7 Å². The fourth-order valence-electron chi connectivity index (χ4n) is 6.35. The SMILES string of the molecule is COc1cc(CN[C@H](C)C23CC4CC(CC(C4)C2)C3)cc(Br)c1OCC(N)=O. The van der Waals surface area contributed by atoms with E-state index in [2.05, 4.69) is 28.2 Å². The fraction of sp³-hybridized carbons (Fsp3) is 0.682. The minimum absolute atomic E-state index is 0.171. The number of primary amides is 1. The molecule has 4 aliphatic rings. The number of carbonyl (C=O) groups excluding carboxylic acids is 1. The molecule has 4 fully saturated rings. The Kier molecular flexibility index (Phi) is 5.62. The lowest BCUT2D eigenvalue weighted by molar-refractivity contribution is -0.119.